The summed E-state index contributed by atoms with van der Waals surface area (Å²) < 4.78 is 0. The standard InChI is InChI=1S/C14H23N3O/c1-11(9-15)17(4)14(18)13-7-5-6-12(8-13)10-16(2)3/h5-8,11H,9-10,15H2,1-4H3. The van der Waals surface area contributed by atoms with Gasteiger partial charge in [0.2, 0.25) is 0 Å². The molecule has 0 aromatic heterocycles. The van der Waals surface area contributed by atoms with Crippen LogP contribution in [0, 0.1) is 0 Å². The van der Waals surface area contributed by atoms with Crippen LogP contribution in [-0.4, -0.2) is 49.4 Å². The van der Waals surface area contributed by atoms with Gasteiger partial charge < -0.3 is 15.5 Å². The summed E-state index contributed by atoms with van der Waals surface area (Å²) in [5, 5.41) is 0. The molecule has 0 spiro atoms. The van der Waals surface area contributed by atoms with Gasteiger partial charge in [-0.3, -0.25) is 4.79 Å². The van der Waals surface area contributed by atoms with Gasteiger partial charge >= 0.3 is 0 Å². The molecule has 4 heteroatoms. The van der Waals surface area contributed by atoms with E-state index in [4.69, 9.17) is 5.73 Å². The first kappa shape index (κ1) is 14.7. The Hall–Kier alpha value is -1.39. The Balaban J connectivity index is 2.86. The monoisotopic (exact) mass is 249 g/mol. The lowest BCUT2D eigenvalue weighted by Gasteiger charge is -2.24. The van der Waals surface area contributed by atoms with Gasteiger partial charge in [0.15, 0.2) is 0 Å². The number of benzene rings is 1. The maximum Gasteiger partial charge on any atom is 0.253 e. The fourth-order valence-electron chi connectivity index (χ4n) is 1.73. The highest BCUT2D eigenvalue weighted by Gasteiger charge is 2.16. The van der Waals surface area contributed by atoms with E-state index in [1.807, 2.05) is 45.3 Å². The molecule has 0 saturated heterocycles. The van der Waals surface area contributed by atoms with Crippen molar-refractivity contribution in [1.29, 1.82) is 0 Å². The fraction of sp³-hybridized carbons (Fsp3) is 0.500. The van der Waals surface area contributed by atoms with E-state index in [9.17, 15) is 4.79 Å². The van der Waals surface area contributed by atoms with Crippen LogP contribution < -0.4 is 5.73 Å². The lowest BCUT2D eigenvalue weighted by molar-refractivity contribution is 0.0748. The number of carbonyl (C=O) groups excluding carboxylic acids is 1. The second-order valence-corrected chi connectivity index (χ2v) is 4.94. The van der Waals surface area contributed by atoms with Crippen molar-refractivity contribution in [2.75, 3.05) is 27.7 Å². The molecular formula is C14H23N3O. The van der Waals surface area contributed by atoms with Gasteiger partial charge in [0.1, 0.15) is 0 Å². The summed E-state index contributed by atoms with van der Waals surface area (Å²) in [5.74, 6) is 0.0218. The topological polar surface area (TPSA) is 49.6 Å². The molecule has 4 nitrogen and oxygen atoms in total. The van der Waals surface area contributed by atoms with Crippen molar-refractivity contribution < 1.29 is 4.79 Å². The van der Waals surface area contributed by atoms with Gasteiger partial charge in [-0.2, -0.15) is 0 Å². The van der Waals surface area contributed by atoms with Crippen molar-refractivity contribution >= 4 is 5.91 Å². The predicted octanol–water partition coefficient (Wildman–Crippen LogP) is 1.17. The van der Waals surface area contributed by atoms with Gasteiger partial charge in [-0.15, -0.1) is 0 Å². The number of amides is 1. The quantitative estimate of drug-likeness (QED) is 0.852. The third-order valence-corrected chi connectivity index (χ3v) is 3.00. The summed E-state index contributed by atoms with van der Waals surface area (Å²) >= 11 is 0. The Morgan fingerprint density at radius 2 is 2.00 bits per heavy atom. The van der Waals surface area contributed by atoms with Crippen LogP contribution in [0.1, 0.15) is 22.8 Å². The van der Waals surface area contributed by atoms with Crippen LogP contribution in [-0.2, 0) is 6.54 Å². The highest BCUT2D eigenvalue weighted by atomic mass is 16.2. The van der Waals surface area contributed by atoms with E-state index in [0.29, 0.717) is 6.54 Å². The molecule has 1 amide bonds. The number of likely N-dealkylation sites (N-methyl/N-ethyl adjacent to an activating group) is 1. The summed E-state index contributed by atoms with van der Waals surface area (Å²) in [6.45, 7) is 3.25. The van der Waals surface area contributed by atoms with E-state index in [-0.39, 0.29) is 11.9 Å². The minimum absolute atomic E-state index is 0.0218. The minimum atomic E-state index is 0.0218. The fourth-order valence-corrected chi connectivity index (χ4v) is 1.73. The maximum absolute atomic E-state index is 12.2. The van der Waals surface area contributed by atoms with Crippen molar-refractivity contribution in [3.8, 4) is 0 Å². The molecule has 0 aliphatic rings. The zero-order valence-corrected chi connectivity index (χ0v) is 11.7. The first-order valence-corrected chi connectivity index (χ1v) is 6.16. The van der Waals surface area contributed by atoms with E-state index >= 15 is 0 Å². The molecule has 0 radical (unpaired) electrons. The number of rotatable bonds is 5. The van der Waals surface area contributed by atoms with Crippen LogP contribution in [0.4, 0.5) is 0 Å². The molecule has 0 fully saturated rings. The van der Waals surface area contributed by atoms with Crippen molar-refractivity contribution in [3.63, 3.8) is 0 Å². The normalized spacial score (nSPS) is 12.6. The van der Waals surface area contributed by atoms with E-state index < -0.39 is 0 Å². The first-order chi connectivity index (χ1) is 8.45. The maximum atomic E-state index is 12.2. The lowest BCUT2D eigenvalue weighted by Crippen LogP contribution is -2.39. The Bertz CT molecular complexity index is 404. The molecule has 1 aromatic carbocycles. The summed E-state index contributed by atoms with van der Waals surface area (Å²) in [4.78, 5) is 16.0. The van der Waals surface area contributed by atoms with Crippen LogP contribution in [0.5, 0.6) is 0 Å². The molecule has 0 aliphatic heterocycles. The number of nitrogens with two attached hydrogens (primary N) is 1. The van der Waals surface area contributed by atoms with Gasteiger partial charge in [0.25, 0.3) is 5.91 Å². The first-order valence-electron chi connectivity index (χ1n) is 6.16. The molecule has 100 valence electrons. The Morgan fingerprint density at radius 3 is 2.56 bits per heavy atom. The van der Waals surface area contributed by atoms with Crippen molar-refractivity contribution in [2.24, 2.45) is 5.73 Å². The highest BCUT2D eigenvalue weighted by Crippen LogP contribution is 2.10. The second-order valence-electron chi connectivity index (χ2n) is 4.94. The zero-order valence-electron chi connectivity index (χ0n) is 11.7. The molecular weight excluding hydrogens is 226 g/mol. The van der Waals surface area contributed by atoms with Gasteiger partial charge in [-0.25, -0.2) is 0 Å². The Labute approximate surface area is 109 Å². The number of carbonyl (C=O) groups is 1. The van der Waals surface area contributed by atoms with E-state index in [1.165, 1.54) is 0 Å². The van der Waals surface area contributed by atoms with Crippen molar-refractivity contribution in [3.05, 3.63) is 35.4 Å². The predicted molar refractivity (Wildman–Crippen MR) is 74.4 cm³/mol. The number of hydrogen-bond donors (Lipinski definition) is 1. The molecule has 1 unspecified atom stereocenters. The van der Waals surface area contributed by atoms with Gasteiger partial charge in [0, 0.05) is 31.7 Å². The van der Waals surface area contributed by atoms with Gasteiger partial charge in [-0.05, 0) is 38.7 Å². The average molecular weight is 249 g/mol. The minimum Gasteiger partial charge on any atom is -0.338 e. The summed E-state index contributed by atoms with van der Waals surface area (Å²) in [6.07, 6.45) is 0. The molecule has 1 rings (SSSR count). The highest BCUT2D eigenvalue weighted by molar-refractivity contribution is 5.94. The summed E-state index contributed by atoms with van der Waals surface area (Å²) in [7, 11) is 5.81. The third-order valence-electron chi connectivity index (χ3n) is 3.00. The molecule has 1 atom stereocenters. The number of nitrogens with zero attached hydrogens (tertiary/aromatic N) is 2. The summed E-state index contributed by atoms with van der Waals surface area (Å²) in [5.41, 5.74) is 7.44. The van der Waals surface area contributed by atoms with Gasteiger partial charge in [-0.1, -0.05) is 12.1 Å². The smallest absolute Gasteiger partial charge is 0.253 e. The average Bonchev–Trinajstić information content (AvgIpc) is 2.35. The molecule has 0 saturated carbocycles. The van der Waals surface area contributed by atoms with Crippen molar-refractivity contribution in [1.82, 2.24) is 9.80 Å². The van der Waals surface area contributed by atoms with Crippen LogP contribution in [0.25, 0.3) is 0 Å². The Morgan fingerprint density at radius 1 is 1.33 bits per heavy atom. The molecule has 18 heavy (non-hydrogen) atoms. The molecule has 1 aromatic rings. The van der Waals surface area contributed by atoms with Crippen LogP contribution in [0.3, 0.4) is 0 Å². The van der Waals surface area contributed by atoms with Gasteiger partial charge in [0.05, 0.1) is 0 Å². The molecule has 2 N–H and O–H groups in total. The summed E-state index contributed by atoms with van der Waals surface area (Å²) in [6, 6.07) is 7.80. The van der Waals surface area contributed by atoms with Crippen LogP contribution >= 0.6 is 0 Å². The van der Waals surface area contributed by atoms with Crippen molar-refractivity contribution in [2.45, 2.75) is 19.5 Å². The molecule has 0 aliphatic carbocycles. The van der Waals surface area contributed by atoms with Crippen LogP contribution in [0.15, 0.2) is 24.3 Å². The van der Waals surface area contributed by atoms with Crippen LogP contribution in [0.2, 0.25) is 0 Å². The second kappa shape index (κ2) is 6.52. The van der Waals surface area contributed by atoms with E-state index in [2.05, 4.69) is 4.90 Å². The lowest BCUT2D eigenvalue weighted by atomic mass is 10.1. The zero-order chi connectivity index (χ0) is 13.7. The molecule has 0 bridgehead atoms. The van der Waals surface area contributed by atoms with E-state index in [1.54, 1.807) is 11.9 Å². The molecule has 0 heterocycles. The third kappa shape index (κ3) is 3.82. The Kier molecular flexibility index (Phi) is 5.31. The SMILES string of the molecule is CC(CN)N(C)C(=O)c1cccc(CN(C)C)c1. The largest absolute Gasteiger partial charge is 0.338 e. The number of hydrogen-bond acceptors (Lipinski definition) is 3. The van der Waals surface area contributed by atoms with E-state index in [0.717, 1.165) is 17.7 Å².